The highest BCUT2D eigenvalue weighted by molar-refractivity contribution is 5.91. The van der Waals surface area contributed by atoms with Gasteiger partial charge in [-0.05, 0) is 29.3 Å². The topological polar surface area (TPSA) is 69.4 Å². The molecular weight excluding hydrogens is 306 g/mol. The quantitative estimate of drug-likeness (QED) is 0.405. The molecule has 0 heterocycles. The van der Waals surface area contributed by atoms with Gasteiger partial charge in [0, 0.05) is 11.6 Å². The molecule has 0 bridgehead atoms. The molecule has 3 aromatic rings. The van der Waals surface area contributed by atoms with Crippen molar-refractivity contribution in [1.82, 2.24) is 0 Å². The molecule has 0 aromatic heterocycles. The summed E-state index contributed by atoms with van der Waals surface area (Å²) < 4.78 is 5.34. The molecule has 0 radical (unpaired) electrons. The number of nitro groups is 1. The van der Waals surface area contributed by atoms with Crippen molar-refractivity contribution >= 4 is 22.4 Å². The summed E-state index contributed by atoms with van der Waals surface area (Å²) in [5.41, 5.74) is 1.48. The molecule has 3 aromatic carbocycles. The number of nitro benzene ring substituents is 1. The normalized spacial score (nSPS) is 10.5. The lowest BCUT2D eigenvalue weighted by atomic mass is 10.1. The second-order valence-electron chi connectivity index (χ2n) is 5.47. The molecule has 5 nitrogen and oxygen atoms in total. The molecule has 0 saturated heterocycles. The van der Waals surface area contributed by atoms with Crippen molar-refractivity contribution in [2.24, 2.45) is 0 Å². The minimum atomic E-state index is -0.578. The Labute approximate surface area is 138 Å². The van der Waals surface area contributed by atoms with Crippen LogP contribution in [0.3, 0.4) is 0 Å². The van der Waals surface area contributed by atoms with Crippen LogP contribution in [0.1, 0.15) is 21.5 Å². The van der Waals surface area contributed by atoms with Crippen LogP contribution in [0, 0.1) is 17.0 Å². The molecule has 0 fully saturated rings. The maximum Gasteiger partial charge on any atom is 0.338 e. The first-order valence-electron chi connectivity index (χ1n) is 7.45. The monoisotopic (exact) mass is 321 g/mol. The highest BCUT2D eigenvalue weighted by atomic mass is 16.6. The number of hydrogen-bond donors (Lipinski definition) is 0. The fourth-order valence-electron chi connectivity index (χ4n) is 2.58. The van der Waals surface area contributed by atoms with Crippen LogP contribution < -0.4 is 0 Å². The number of ether oxygens (including phenoxy) is 1. The fourth-order valence-corrected chi connectivity index (χ4v) is 2.58. The van der Waals surface area contributed by atoms with Crippen molar-refractivity contribution in [3.63, 3.8) is 0 Å². The summed E-state index contributed by atoms with van der Waals surface area (Å²) in [5.74, 6) is -0.578. The van der Waals surface area contributed by atoms with Crippen molar-refractivity contribution in [3.05, 3.63) is 87.5 Å². The van der Waals surface area contributed by atoms with Gasteiger partial charge in [0.25, 0.3) is 5.69 Å². The maximum absolute atomic E-state index is 12.2. The van der Waals surface area contributed by atoms with Crippen molar-refractivity contribution < 1.29 is 14.5 Å². The van der Waals surface area contributed by atoms with E-state index in [0.29, 0.717) is 5.56 Å². The van der Waals surface area contributed by atoms with Crippen molar-refractivity contribution in [2.45, 2.75) is 13.5 Å². The Morgan fingerprint density at radius 2 is 1.83 bits per heavy atom. The van der Waals surface area contributed by atoms with E-state index in [1.807, 2.05) is 42.5 Å². The number of nitrogens with zero attached hydrogens (tertiary/aromatic N) is 1. The molecule has 24 heavy (non-hydrogen) atoms. The number of benzene rings is 3. The molecule has 3 rings (SSSR count). The number of rotatable bonds is 4. The van der Waals surface area contributed by atoms with Crippen LogP contribution in [0.2, 0.25) is 0 Å². The van der Waals surface area contributed by atoms with Gasteiger partial charge in [0.2, 0.25) is 0 Å². The van der Waals surface area contributed by atoms with Crippen molar-refractivity contribution in [1.29, 1.82) is 0 Å². The number of esters is 1. The summed E-state index contributed by atoms with van der Waals surface area (Å²) in [5, 5.41) is 13.1. The van der Waals surface area contributed by atoms with E-state index in [4.69, 9.17) is 4.74 Å². The summed E-state index contributed by atoms with van der Waals surface area (Å²) in [6.45, 7) is 1.74. The standard InChI is InChI=1S/C19H15NO4/c1-13-9-10-15(11-18(13)20(22)23)19(21)24-12-16-7-4-6-14-5-2-3-8-17(14)16/h2-11H,12H2,1H3. The van der Waals surface area contributed by atoms with Gasteiger partial charge in [-0.15, -0.1) is 0 Å². The predicted octanol–water partition coefficient (Wildman–Crippen LogP) is 4.41. The third kappa shape index (κ3) is 3.10. The van der Waals surface area contributed by atoms with Gasteiger partial charge in [0.15, 0.2) is 0 Å². The number of carbonyl (C=O) groups excluding carboxylic acids is 1. The second kappa shape index (κ2) is 6.50. The zero-order chi connectivity index (χ0) is 17.1. The molecule has 0 saturated carbocycles. The zero-order valence-electron chi connectivity index (χ0n) is 13.1. The highest BCUT2D eigenvalue weighted by Crippen LogP contribution is 2.22. The third-order valence-corrected chi connectivity index (χ3v) is 3.88. The number of aryl methyl sites for hydroxylation is 1. The molecule has 0 spiro atoms. The number of fused-ring (bicyclic) bond motifs is 1. The lowest BCUT2D eigenvalue weighted by Gasteiger charge is -2.08. The molecule has 0 aliphatic heterocycles. The Kier molecular flexibility index (Phi) is 4.24. The summed E-state index contributed by atoms with van der Waals surface area (Å²) in [6.07, 6.45) is 0. The van der Waals surface area contributed by atoms with Crippen LogP contribution in [0.4, 0.5) is 5.69 Å². The average Bonchev–Trinajstić information content (AvgIpc) is 2.59. The van der Waals surface area contributed by atoms with Gasteiger partial charge < -0.3 is 4.74 Å². The minimum absolute atomic E-state index is 0.0883. The van der Waals surface area contributed by atoms with Gasteiger partial charge >= 0.3 is 5.97 Å². The summed E-state index contributed by atoms with van der Waals surface area (Å²) in [7, 11) is 0. The lowest BCUT2D eigenvalue weighted by molar-refractivity contribution is -0.385. The summed E-state index contributed by atoms with van der Waals surface area (Å²) in [4.78, 5) is 22.7. The largest absolute Gasteiger partial charge is 0.457 e. The third-order valence-electron chi connectivity index (χ3n) is 3.88. The first-order chi connectivity index (χ1) is 11.6. The van der Waals surface area contributed by atoms with Crippen LogP contribution in [-0.2, 0) is 11.3 Å². The summed E-state index contributed by atoms with van der Waals surface area (Å²) >= 11 is 0. The van der Waals surface area contributed by atoms with Gasteiger partial charge in [-0.3, -0.25) is 10.1 Å². The Hall–Kier alpha value is -3.21. The molecule has 120 valence electrons. The van der Waals surface area contributed by atoms with E-state index in [-0.39, 0.29) is 17.9 Å². The highest BCUT2D eigenvalue weighted by Gasteiger charge is 2.16. The molecule has 0 unspecified atom stereocenters. The zero-order valence-corrected chi connectivity index (χ0v) is 13.1. The lowest BCUT2D eigenvalue weighted by Crippen LogP contribution is -2.06. The molecule has 0 amide bonds. The van der Waals surface area contributed by atoms with Crippen LogP contribution in [0.25, 0.3) is 10.8 Å². The van der Waals surface area contributed by atoms with Gasteiger partial charge in [-0.1, -0.05) is 48.5 Å². The Balaban J connectivity index is 1.80. The van der Waals surface area contributed by atoms with Crippen molar-refractivity contribution in [2.75, 3.05) is 0 Å². The minimum Gasteiger partial charge on any atom is -0.457 e. The molecule has 5 heteroatoms. The Bertz CT molecular complexity index is 928. The Morgan fingerprint density at radius 3 is 2.62 bits per heavy atom. The Morgan fingerprint density at radius 1 is 1.08 bits per heavy atom. The molecule has 0 aliphatic rings. The maximum atomic E-state index is 12.2. The van der Waals surface area contributed by atoms with Gasteiger partial charge in [0.05, 0.1) is 10.5 Å². The molecule has 0 N–H and O–H groups in total. The average molecular weight is 321 g/mol. The predicted molar refractivity (Wildman–Crippen MR) is 90.9 cm³/mol. The smallest absolute Gasteiger partial charge is 0.338 e. The van der Waals surface area contributed by atoms with Crippen LogP contribution in [0.5, 0.6) is 0 Å². The van der Waals surface area contributed by atoms with Gasteiger partial charge in [-0.25, -0.2) is 4.79 Å². The van der Waals surface area contributed by atoms with E-state index in [0.717, 1.165) is 16.3 Å². The summed E-state index contributed by atoms with van der Waals surface area (Å²) in [6, 6.07) is 18.0. The van der Waals surface area contributed by atoms with Crippen LogP contribution >= 0.6 is 0 Å². The first-order valence-corrected chi connectivity index (χ1v) is 7.45. The van der Waals surface area contributed by atoms with E-state index < -0.39 is 10.9 Å². The first kappa shape index (κ1) is 15.7. The van der Waals surface area contributed by atoms with Gasteiger partial charge in [-0.2, -0.15) is 0 Å². The molecular formula is C19H15NO4. The fraction of sp³-hybridized carbons (Fsp3) is 0.105. The SMILES string of the molecule is Cc1ccc(C(=O)OCc2cccc3ccccc23)cc1[N+](=O)[O-]. The van der Waals surface area contributed by atoms with E-state index in [1.54, 1.807) is 13.0 Å². The van der Waals surface area contributed by atoms with E-state index >= 15 is 0 Å². The number of carbonyl (C=O) groups is 1. The number of hydrogen-bond acceptors (Lipinski definition) is 4. The second-order valence-corrected chi connectivity index (χ2v) is 5.47. The van der Waals surface area contributed by atoms with Crippen LogP contribution in [0.15, 0.2) is 60.7 Å². The molecule has 0 aliphatic carbocycles. The van der Waals surface area contributed by atoms with Crippen LogP contribution in [-0.4, -0.2) is 10.9 Å². The van der Waals surface area contributed by atoms with Gasteiger partial charge in [0.1, 0.15) is 6.61 Å². The molecule has 0 atom stereocenters. The van der Waals surface area contributed by atoms with E-state index in [2.05, 4.69) is 0 Å². The van der Waals surface area contributed by atoms with Crippen molar-refractivity contribution in [3.8, 4) is 0 Å². The van der Waals surface area contributed by atoms with E-state index in [1.165, 1.54) is 12.1 Å². The van der Waals surface area contributed by atoms with E-state index in [9.17, 15) is 14.9 Å².